The number of nitrogens with zero attached hydrogens (tertiary/aromatic N) is 2. The molecule has 1 heterocycles. The molecule has 1 aliphatic carbocycles. The topological polar surface area (TPSA) is 46.9 Å². The maximum absolute atomic E-state index is 12.6. The number of carbonyl (C=O) groups excluding carboxylic acids is 1. The molecule has 1 saturated carbocycles. The first-order valence-electron chi connectivity index (χ1n) is 9.62. The highest BCUT2D eigenvalue weighted by molar-refractivity contribution is 5.93. The Bertz CT molecular complexity index is 930. The molecule has 0 aliphatic heterocycles. The van der Waals surface area contributed by atoms with Crippen molar-refractivity contribution in [2.75, 3.05) is 0 Å². The Balaban J connectivity index is 1.57. The third kappa shape index (κ3) is 3.80. The van der Waals surface area contributed by atoms with Crippen molar-refractivity contribution >= 4 is 5.91 Å². The average Bonchev–Trinajstić information content (AvgIpc) is 3.32. The maximum atomic E-state index is 12.6. The summed E-state index contributed by atoms with van der Waals surface area (Å²) in [6, 6.07) is 15.2. The summed E-state index contributed by atoms with van der Waals surface area (Å²) in [5, 5.41) is 3.14. The number of hydrogen-bond acceptors (Lipinski definition) is 2. The molecule has 1 aromatic heterocycles. The lowest BCUT2D eigenvalue weighted by Crippen LogP contribution is -2.33. The third-order valence-electron chi connectivity index (χ3n) is 5.26. The molecular weight excluding hydrogens is 334 g/mol. The molecule has 1 N–H and O–H groups in total. The van der Waals surface area contributed by atoms with Gasteiger partial charge in [-0.15, -0.1) is 0 Å². The predicted molar refractivity (Wildman–Crippen MR) is 108 cm³/mol. The molecule has 0 bridgehead atoms. The first-order valence-corrected chi connectivity index (χ1v) is 9.62. The molecule has 0 unspecified atom stereocenters. The van der Waals surface area contributed by atoms with Crippen LogP contribution in [0.1, 0.15) is 47.3 Å². The zero-order valence-corrected chi connectivity index (χ0v) is 15.9. The Morgan fingerprint density at radius 3 is 2.33 bits per heavy atom. The van der Waals surface area contributed by atoms with Crippen LogP contribution in [-0.2, 0) is 0 Å². The number of amides is 1. The fourth-order valence-electron chi connectivity index (χ4n) is 3.95. The monoisotopic (exact) mass is 359 g/mol. The van der Waals surface area contributed by atoms with Gasteiger partial charge >= 0.3 is 0 Å². The van der Waals surface area contributed by atoms with Gasteiger partial charge in [0.25, 0.3) is 5.91 Å². The van der Waals surface area contributed by atoms with Gasteiger partial charge in [0.2, 0.25) is 0 Å². The van der Waals surface area contributed by atoms with Crippen molar-refractivity contribution in [3.63, 3.8) is 0 Å². The van der Waals surface area contributed by atoms with Crippen LogP contribution in [0.5, 0.6) is 0 Å². The van der Waals surface area contributed by atoms with E-state index in [1.165, 1.54) is 35.1 Å². The predicted octanol–water partition coefficient (Wildman–Crippen LogP) is 4.83. The molecule has 27 heavy (non-hydrogen) atoms. The summed E-state index contributed by atoms with van der Waals surface area (Å²) in [4.78, 5) is 16.8. The van der Waals surface area contributed by atoms with Gasteiger partial charge < -0.3 is 5.32 Å². The first-order chi connectivity index (χ1) is 13.1. The van der Waals surface area contributed by atoms with Gasteiger partial charge in [-0.2, -0.15) is 0 Å². The molecule has 0 radical (unpaired) electrons. The van der Waals surface area contributed by atoms with E-state index in [-0.39, 0.29) is 5.91 Å². The molecule has 4 nitrogen and oxygen atoms in total. The molecule has 3 aromatic rings. The lowest BCUT2D eigenvalue weighted by atomic mass is 10.0. The molecule has 4 heteroatoms. The van der Waals surface area contributed by atoms with Gasteiger partial charge in [0.15, 0.2) is 0 Å². The highest BCUT2D eigenvalue weighted by atomic mass is 16.2. The second kappa shape index (κ2) is 7.39. The number of rotatable bonds is 4. The number of hydrogen-bond donors (Lipinski definition) is 1. The van der Waals surface area contributed by atoms with Gasteiger partial charge in [0, 0.05) is 11.7 Å². The van der Waals surface area contributed by atoms with Crippen LogP contribution in [0.3, 0.4) is 0 Å². The van der Waals surface area contributed by atoms with Crippen molar-refractivity contribution in [1.29, 1.82) is 0 Å². The summed E-state index contributed by atoms with van der Waals surface area (Å²) >= 11 is 0. The van der Waals surface area contributed by atoms with Crippen LogP contribution in [0.4, 0.5) is 0 Å². The highest BCUT2D eigenvalue weighted by Crippen LogP contribution is 2.24. The van der Waals surface area contributed by atoms with E-state index in [4.69, 9.17) is 0 Å². The first kappa shape index (κ1) is 17.5. The molecule has 2 aromatic carbocycles. The number of aromatic nitrogens is 2. The standard InChI is InChI=1S/C23H25N3O/c1-16-11-17(2)13-19(12-16)18-7-9-21(10-8-18)26-15-24-14-22(26)23(27)25-20-5-3-4-6-20/h7-15,20H,3-6H2,1-2H3,(H,25,27). The van der Waals surface area contributed by atoms with E-state index in [0.29, 0.717) is 11.7 Å². The van der Waals surface area contributed by atoms with Crippen molar-refractivity contribution in [3.8, 4) is 16.8 Å². The van der Waals surface area contributed by atoms with Crippen LogP contribution < -0.4 is 5.32 Å². The fraction of sp³-hybridized carbons (Fsp3) is 0.304. The quantitative estimate of drug-likeness (QED) is 0.725. The molecule has 0 saturated heterocycles. The normalized spacial score (nSPS) is 14.4. The van der Waals surface area contributed by atoms with Crippen molar-refractivity contribution in [1.82, 2.24) is 14.9 Å². The molecule has 1 fully saturated rings. The average molecular weight is 359 g/mol. The molecule has 1 amide bonds. The summed E-state index contributed by atoms with van der Waals surface area (Å²) < 4.78 is 1.86. The van der Waals surface area contributed by atoms with E-state index in [1.54, 1.807) is 12.5 Å². The Kier molecular flexibility index (Phi) is 4.80. The van der Waals surface area contributed by atoms with E-state index in [1.807, 2.05) is 16.7 Å². The minimum atomic E-state index is -0.0437. The number of benzene rings is 2. The van der Waals surface area contributed by atoms with Gasteiger partial charge in [0.1, 0.15) is 5.69 Å². The molecule has 0 spiro atoms. The lowest BCUT2D eigenvalue weighted by Gasteiger charge is -2.13. The SMILES string of the molecule is Cc1cc(C)cc(-c2ccc(-n3cncc3C(=O)NC3CCCC3)cc2)c1. The zero-order chi connectivity index (χ0) is 18.8. The van der Waals surface area contributed by atoms with Crippen LogP contribution in [0.25, 0.3) is 16.8 Å². The lowest BCUT2D eigenvalue weighted by molar-refractivity contribution is 0.0931. The molecule has 4 rings (SSSR count). The van der Waals surface area contributed by atoms with E-state index in [2.05, 4.69) is 54.5 Å². The molecular formula is C23H25N3O. The zero-order valence-electron chi connectivity index (χ0n) is 15.9. The summed E-state index contributed by atoms with van der Waals surface area (Å²) in [6.45, 7) is 4.23. The summed E-state index contributed by atoms with van der Waals surface area (Å²) in [7, 11) is 0. The number of aryl methyl sites for hydroxylation is 2. The summed E-state index contributed by atoms with van der Waals surface area (Å²) in [6.07, 6.45) is 7.89. The smallest absolute Gasteiger partial charge is 0.270 e. The molecule has 1 aliphatic rings. The Labute approximate surface area is 160 Å². The second-order valence-corrected chi connectivity index (χ2v) is 7.53. The minimum Gasteiger partial charge on any atom is -0.348 e. The Morgan fingerprint density at radius 2 is 1.67 bits per heavy atom. The third-order valence-corrected chi connectivity index (χ3v) is 5.26. The molecule has 138 valence electrons. The van der Waals surface area contributed by atoms with Crippen LogP contribution in [0.15, 0.2) is 55.0 Å². The van der Waals surface area contributed by atoms with Gasteiger partial charge in [-0.1, -0.05) is 54.3 Å². The van der Waals surface area contributed by atoms with Crippen LogP contribution >= 0.6 is 0 Å². The van der Waals surface area contributed by atoms with Crippen LogP contribution in [0, 0.1) is 13.8 Å². The minimum absolute atomic E-state index is 0.0437. The van der Waals surface area contributed by atoms with E-state index >= 15 is 0 Å². The van der Waals surface area contributed by atoms with Gasteiger partial charge in [-0.3, -0.25) is 9.36 Å². The Morgan fingerprint density at radius 1 is 1.00 bits per heavy atom. The number of imidazole rings is 1. The summed E-state index contributed by atoms with van der Waals surface area (Å²) in [5.41, 5.74) is 6.42. The van der Waals surface area contributed by atoms with E-state index in [0.717, 1.165) is 18.5 Å². The number of carbonyl (C=O) groups is 1. The largest absolute Gasteiger partial charge is 0.348 e. The van der Waals surface area contributed by atoms with Gasteiger partial charge in [-0.25, -0.2) is 4.98 Å². The van der Waals surface area contributed by atoms with Crippen molar-refractivity contribution in [2.45, 2.75) is 45.6 Å². The van der Waals surface area contributed by atoms with Crippen molar-refractivity contribution < 1.29 is 4.79 Å². The highest BCUT2D eigenvalue weighted by Gasteiger charge is 2.20. The summed E-state index contributed by atoms with van der Waals surface area (Å²) in [5.74, 6) is -0.0437. The van der Waals surface area contributed by atoms with E-state index < -0.39 is 0 Å². The van der Waals surface area contributed by atoms with Crippen molar-refractivity contribution in [2.24, 2.45) is 0 Å². The van der Waals surface area contributed by atoms with Gasteiger partial charge in [0.05, 0.1) is 12.5 Å². The second-order valence-electron chi connectivity index (χ2n) is 7.53. The van der Waals surface area contributed by atoms with E-state index in [9.17, 15) is 4.79 Å². The fourth-order valence-corrected chi connectivity index (χ4v) is 3.95. The van der Waals surface area contributed by atoms with Crippen molar-refractivity contribution in [3.05, 3.63) is 71.8 Å². The maximum Gasteiger partial charge on any atom is 0.270 e. The van der Waals surface area contributed by atoms with Gasteiger partial charge in [-0.05, 0) is 49.9 Å². The van der Waals surface area contributed by atoms with Crippen LogP contribution in [0.2, 0.25) is 0 Å². The molecule has 0 atom stereocenters. The number of nitrogens with one attached hydrogen (secondary N) is 1. The van der Waals surface area contributed by atoms with Crippen LogP contribution in [-0.4, -0.2) is 21.5 Å². The Hall–Kier alpha value is -2.88.